The van der Waals surface area contributed by atoms with Crippen LogP contribution in [-0.2, 0) is 19.6 Å². The second kappa shape index (κ2) is 14.9. The number of hydrogen-bond acceptors (Lipinski definition) is 8. The lowest BCUT2D eigenvalue weighted by Gasteiger charge is -2.32. The number of nitrogens with one attached hydrogen (secondary N) is 1. The number of rotatable bonds is 13. The molecular weight excluding hydrogens is 565 g/mol. The molecule has 1 aromatic rings. The molecule has 1 saturated heterocycles. The number of nitriles is 1. The van der Waals surface area contributed by atoms with Crippen molar-refractivity contribution in [1.29, 1.82) is 5.26 Å². The predicted octanol–water partition coefficient (Wildman–Crippen LogP) is 5.35. The molecule has 8 nitrogen and oxygen atoms in total. The minimum atomic E-state index is -4.34. The fourth-order valence-electron chi connectivity index (χ4n) is 3.66. The number of amides is 1. The molecule has 2 atom stereocenters. The molecule has 2 rings (SSSR count). The van der Waals surface area contributed by atoms with Gasteiger partial charge in [-0.3, -0.25) is 4.79 Å². The normalized spacial score (nSPS) is 19.1. The smallest absolute Gasteiger partial charge is 0.265 e. The maximum absolute atomic E-state index is 13.1. The number of carbonyl (C=O) groups excluding carboxylic acids is 1. The molecule has 39 heavy (non-hydrogen) atoms. The summed E-state index contributed by atoms with van der Waals surface area (Å²) >= 11 is 7.88. The lowest BCUT2D eigenvalue weighted by Crippen LogP contribution is -2.50. The summed E-state index contributed by atoms with van der Waals surface area (Å²) in [6, 6.07) is 4.23. The molecule has 12 heteroatoms. The van der Waals surface area contributed by atoms with Gasteiger partial charge in [0.25, 0.3) is 15.9 Å². The topological polar surface area (TPSA) is 109 Å². The fourth-order valence-corrected chi connectivity index (χ4v) is 6.06. The van der Waals surface area contributed by atoms with E-state index in [4.69, 9.17) is 21.1 Å². The zero-order chi connectivity index (χ0) is 29.2. The summed E-state index contributed by atoms with van der Waals surface area (Å²) in [6.45, 7) is 7.64. The minimum Gasteiger partial charge on any atom is -0.487 e. The highest BCUT2D eigenvalue weighted by atomic mass is 35.5. The van der Waals surface area contributed by atoms with Crippen molar-refractivity contribution in [3.05, 3.63) is 58.3 Å². The zero-order valence-electron chi connectivity index (χ0n) is 22.6. The van der Waals surface area contributed by atoms with Crippen LogP contribution in [0.15, 0.2) is 52.6 Å². The predicted molar refractivity (Wildman–Crippen MR) is 153 cm³/mol. The van der Waals surface area contributed by atoms with E-state index in [-0.39, 0.29) is 21.2 Å². The summed E-state index contributed by atoms with van der Waals surface area (Å²) in [7, 11) is -0.513. The standard InChI is InChI=1S/C27H35ClFN3O5S2/c1-6-22(10-9-19(2)29)38-18-21(11-13-32(4)5)37-25-20(17-30)15-23(16-24(25)28)39(34,35)31-26(33)27(3)12-7-8-14-36-27/h6,9-10,15-16,21H,2,7-8,11-14,18H2,1,3-5H3,(H,31,33)/b10-9-,22-6+/t21-,27-/m1/s1. The third-order valence-corrected chi connectivity index (χ3v) is 8.79. The SMILES string of the molecule is C=C(F)/C=C\C(=C/C)SC[C@@H](CCN(C)C)Oc1c(Cl)cc(S(=O)(=O)NC(=O)[C@@]2(C)CCCCO2)cc1C#N. The van der Waals surface area contributed by atoms with Crippen LogP contribution in [0.3, 0.4) is 0 Å². The fraction of sp³-hybridized carbons (Fsp3) is 0.481. The summed E-state index contributed by atoms with van der Waals surface area (Å²) in [4.78, 5) is 15.2. The Morgan fingerprint density at radius 3 is 2.69 bits per heavy atom. The molecule has 0 aromatic heterocycles. The lowest BCUT2D eigenvalue weighted by atomic mass is 9.95. The highest BCUT2D eigenvalue weighted by molar-refractivity contribution is 8.03. The van der Waals surface area contributed by atoms with E-state index in [9.17, 15) is 22.9 Å². The third kappa shape index (κ3) is 9.96. The van der Waals surface area contributed by atoms with Crippen LogP contribution < -0.4 is 9.46 Å². The molecule has 0 saturated carbocycles. The molecule has 0 bridgehead atoms. The zero-order valence-corrected chi connectivity index (χ0v) is 25.0. The van der Waals surface area contributed by atoms with E-state index >= 15 is 0 Å². The van der Waals surface area contributed by atoms with Crippen LogP contribution in [0.2, 0.25) is 5.02 Å². The molecular formula is C27H35ClFN3O5S2. The van der Waals surface area contributed by atoms with Gasteiger partial charge in [-0.15, -0.1) is 11.8 Å². The van der Waals surface area contributed by atoms with Crippen molar-refractivity contribution in [2.45, 2.75) is 56.1 Å². The summed E-state index contributed by atoms with van der Waals surface area (Å²) in [5, 5.41) is 9.72. The van der Waals surface area contributed by atoms with Crippen LogP contribution >= 0.6 is 23.4 Å². The van der Waals surface area contributed by atoms with Crippen LogP contribution in [-0.4, -0.2) is 63.9 Å². The Kier molecular flexibility index (Phi) is 12.5. The molecule has 1 aliphatic heterocycles. The van der Waals surface area contributed by atoms with Crippen molar-refractivity contribution in [3.63, 3.8) is 0 Å². The molecule has 1 amide bonds. The highest BCUT2D eigenvalue weighted by Crippen LogP contribution is 2.34. The quantitative estimate of drug-likeness (QED) is 0.302. The Hall–Kier alpha value is -2.36. The molecule has 0 spiro atoms. The molecule has 1 aliphatic rings. The molecule has 0 aliphatic carbocycles. The van der Waals surface area contributed by atoms with Gasteiger partial charge in [0.15, 0.2) is 5.75 Å². The number of ether oxygens (including phenoxy) is 2. The second-order valence-electron chi connectivity index (χ2n) is 9.48. The van der Waals surface area contributed by atoms with Gasteiger partial charge in [0.1, 0.15) is 23.6 Å². The first-order valence-electron chi connectivity index (χ1n) is 12.4. The maximum Gasteiger partial charge on any atom is 0.265 e. The number of thioether (sulfide) groups is 1. The van der Waals surface area contributed by atoms with Gasteiger partial charge >= 0.3 is 0 Å². The van der Waals surface area contributed by atoms with Crippen LogP contribution in [0.1, 0.15) is 45.1 Å². The number of halogens is 2. The van der Waals surface area contributed by atoms with Crippen LogP contribution in [0.25, 0.3) is 0 Å². The average molecular weight is 600 g/mol. The number of carbonyl (C=O) groups is 1. The summed E-state index contributed by atoms with van der Waals surface area (Å²) < 4.78 is 52.9. The largest absolute Gasteiger partial charge is 0.487 e. The van der Waals surface area contributed by atoms with E-state index < -0.39 is 33.5 Å². The first-order chi connectivity index (χ1) is 18.3. The van der Waals surface area contributed by atoms with Crippen LogP contribution in [0, 0.1) is 11.3 Å². The molecule has 1 heterocycles. The number of allylic oxidation sites excluding steroid dienone is 4. The molecule has 0 unspecified atom stereocenters. The maximum atomic E-state index is 13.1. The summed E-state index contributed by atoms with van der Waals surface area (Å²) in [5.41, 5.74) is -1.35. The van der Waals surface area contributed by atoms with Crippen molar-refractivity contribution >= 4 is 39.3 Å². The first kappa shape index (κ1) is 32.8. The van der Waals surface area contributed by atoms with Crippen molar-refractivity contribution in [2.75, 3.05) is 33.0 Å². The van der Waals surface area contributed by atoms with E-state index in [1.165, 1.54) is 17.8 Å². The van der Waals surface area contributed by atoms with Gasteiger partial charge in [-0.2, -0.15) is 5.26 Å². The first-order valence-corrected chi connectivity index (χ1v) is 15.2. The molecule has 0 radical (unpaired) electrons. The number of nitrogens with zero attached hydrogens (tertiary/aromatic N) is 2. The summed E-state index contributed by atoms with van der Waals surface area (Å²) in [5.74, 6) is -0.839. The second-order valence-corrected chi connectivity index (χ2v) is 12.7. The molecule has 214 valence electrons. The van der Waals surface area contributed by atoms with Gasteiger partial charge in [-0.1, -0.05) is 24.3 Å². The van der Waals surface area contributed by atoms with E-state index in [2.05, 4.69) is 11.3 Å². The van der Waals surface area contributed by atoms with Gasteiger partial charge in [0.05, 0.1) is 15.5 Å². The Morgan fingerprint density at radius 1 is 1.41 bits per heavy atom. The van der Waals surface area contributed by atoms with Crippen molar-refractivity contribution < 1.29 is 27.1 Å². The lowest BCUT2D eigenvalue weighted by molar-refractivity contribution is -0.148. The van der Waals surface area contributed by atoms with Gasteiger partial charge in [-0.25, -0.2) is 17.5 Å². The van der Waals surface area contributed by atoms with Crippen molar-refractivity contribution in [1.82, 2.24) is 9.62 Å². The minimum absolute atomic E-state index is 0.0473. The Morgan fingerprint density at radius 2 is 2.13 bits per heavy atom. The third-order valence-electron chi connectivity index (χ3n) is 5.96. The summed E-state index contributed by atoms with van der Waals surface area (Å²) in [6.07, 6.45) is 6.80. The average Bonchev–Trinajstić information content (AvgIpc) is 2.87. The van der Waals surface area contributed by atoms with Crippen molar-refractivity contribution in [3.8, 4) is 11.8 Å². The van der Waals surface area contributed by atoms with Gasteiger partial charge in [0, 0.05) is 23.8 Å². The molecule has 1 N–H and O–H groups in total. The number of sulfonamides is 1. The monoisotopic (exact) mass is 599 g/mol. The molecule has 1 aromatic carbocycles. The highest BCUT2D eigenvalue weighted by Gasteiger charge is 2.38. The number of hydrogen-bond donors (Lipinski definition) is 1. The van der Waals surface area contributed by atoms with E-state index in [0.717, 1.165) is 29.9 Å². The number of benzene rings is 1. The van der Waals surface area contributed by atoms with E-state index in [1.54, 1.807) is 13.0 Å². The Balaban J connectivity index is 2.29. The van der Waals surface area contributed by atoms with E-state index in [0.29, 0.717) is 31.7 Å². The molecule has 1 fully saturated rings. The Labute approximate surface area is 239 Å². The van der Waals surface area contributed by atoms with Gasteiger partial charge in [0.2, 0.25) is 0 Å². The van der Waals surface area contributed by atoms with Gasteiger partial charge < -0.3 is 14.4 Å². The van der Waals surface area contributed by atoms with E-state index in [1.807, 2.05) is 38.1 Å². The Bertz CT molecular complexity index is 1250. The van der Waals surface area contributed by atoms with Crippen LogP contribution in [0.5, 0.6) is 5.75 Å². The van der Waals surface area contributed by atoms with Crippen LogP contribution in [0.4, 0.5) is 4.39 Å². The van der Waals surface area contributed by atoms with Gasteiger partial charge in [-0.05, 0) is 77.9 Å². The van der Waals surface area contributed by atoms with Crippen molar-refractivity contribution in [2.24, 2.45) is 0 Å².